The van der Waals surface area contributed by atoms with Crippen LogP contribution in [0, 0.1) is 13.8 Å². The molecule has 0 aliphatic carbocycles. The van der Waals surface area contributed by atoms with Crippen LogP contribution in [0.15, 0.2) is 41.3 Å². The predicted octanol–water partition coefficient (Wildman–Crippen LogP) is 3.98. The number of aryl methyl sites for hydroxylation is 2. The van der Waals surface area contributed by atoms with Gasteiger partial charge in [-0.05, 0) is 37.1 Å². The topological polar surface area (TPSA) is 35.2 Å². The molecule has 0 saturated carbocycles. The number of thioether (sulfide) groups is 1. The summed E-state index contributed by atoms with van der Waals surface area (Å²) in [6, 6.07) is 12.6. The number of para-hydroxylation sites is 1. The summed E-state index contributed by atoms with van der Waals surface area (Å²) in [4.78, 5) is 1.15. The predicted molar refractivity (Wildman–Crippen MR) is 85.6 cm³/mol. The third-order valence-corrected chi connectivity index (χ3v) is 4.87. The van der Waals surface area contributed by atoms with Gasteiger partial charge in [-0.15, -0.1) is 11.8 Å². The number of benzene rings is 2. The average Bonchev–Trinajstić information content (AvgIpc) is 2.82. The van der Waals surface area contributed by atoms with E-state index in [0.29, 0.717) is 0 Å². The minimum Gasteiger partial charge on any atom is -0.489 e. The molecular formula is C17H19NOS. The van der Waals surface area contributed by atoms with Gasteiger partial charge < -0.3 is 10.5 Å². The summed E-state index contributed by atoms with van der Waals surface area (Å²) in [7, 11) is 0. The Morgan fingerprint density at radius 1 is 1.25 bits per heavy atom. The first kappa shape index (κ1) is 13.4. The van der Waals surface area contributed by atoms with Crippen molar-refractivity contribution in [3.8, 4) is 5.75 Å². The molecule has 0 spiro atoms. The minimum absolute atomic E-state index is 0.247. The molecule has 20 heavy (non-hydrogen) atoms. The number of fused-ring (bicyclic) bond motifs is 1. The number of nitrogens with two attached hydrogens (primary N) is 1. The maximum atomic E-state index is 6.11. The van der Waals surface area contributed by atoms with Gasteiger partial charge in [0.2, 0.25) is 0 Å². The normalized spacial score (nSPS) is 16.8. The molecule has 2 nitrogen and oxygen atoms in total. The Bertz CT molecular complexity index is 639. The fourth-order valence-electron chi connectivity index (χ4n) is 2.50. The molecule has 0 aromatic heterocycles. The van der Waals surface area contributed by atoms with Gasteiger partial charge in [-0.1, -0.05) is 29.8 Å². The zero-order valence-electron chi connectivity index (χ0n) is 11.8. The quantitative estimate of drug-likeness (QED) is 0.684. The molecule has 1 aliphatic heterocycles. The average molecular weight is 285 g/mol. The standard InChI is InChI=1S/C17H19NOS/c1-11-6-7-15-13(8-11)9-14(19-15)10-20-16-5-3-4-12(2)17(16)18/h3-8,14H,9-10,18H2,1-2H3. The van der Waals surface area contributed by atoms with Gasteiger partial charge in [0, 0.05) is 22.8 Å². The smallest absolute Gasteiger partial charge is 0.123 e. The lowest BCUT2D eigenvalue weighted by Crippen LogP contribution is -2.16. The number of hydrogen-bond acceptors (Lipinski definition) is 3. The molecule has 3 rings (SSSR count). The van der Waals surface area contributed by atoms with Gasteiger partial charge in [-0.3, -0.25) is 0 Å². The van der Waals surface area contributed by atoms with Crippen molar-refractivity contribution in [2.45, 2.75) is 31.3 Å². The molecule has 2 aromatic carbocycles. The molecule has 104 valence electrons. The molecule has 0 radical (unpaired) electrons. The maximum Gasteiger partial charge on any atom is 0.123 e. The van der Waals surface area contributed by atoms with Crippen LogP contribution in [0.25, 0.3) is 0 Å². The van der Waals surface area contributed by atoms with Crippen molar-refractivity contribution in [1.29, 1.82) is 0 Å². The van der Waals surface area contributed by atoms with Crippen LogP contribution in [0.4, 0.5) is 5.69 Å². The Morgan fingerprint density at radius 3 is 2.95 bits per heavy atom. The summed E-state index contributed by atoms with van der Waals surface area (Å²) in [5.41, 5.74) is 10.8. The van der Waals surface area contributed by atoms with E-state index in [1.807, 2.05) is 13.0 Å². The van der Waals surface area contributed by atoms with Gasteiger partial charge >= 0.3 is 0 Å². The summed E-state index contributed by atoms with van der Waals surface area (Å²) >= 11 is 1.78. The summed E-state index contributed by atoms with van der Waals surface area (Å²) in [5.74, 6) is 1.97. The zero-order valence-corrected chi connectivity index (χ0v) is 12.7. The fourth-order valence-corrected chi connectivity index (χ4v) is 3.55. The maximum absolute atomic E-state index is 6.11. The van der Waals surface area contributed by atoms with Crippen molar-refractivity contribution in [2.75, 3.05) is 11.5 Å². The van der Waals surface area contributed by atoms with Gasteiger partial charge in [0.1, 0.15) is 11.9 Å². The van der Waals surface area contributed by atoms with Crippen molar-refractivity contribution < 1.29 is 4.74 Å². The van der Waals surface area contributed by atoms with Gasteiger partial charge in [0.15, 0.2) is 0 Å². The van der Waals surface area contributed by atoms with E-state index in [9.17, 15) is 0 Å². The van der Waals surface area contributed by atoms with Crippen LogP contribution in [0.2, 0.25) is 0 Å². The summed E-state index contributed by atoms with van der Waals surface area (Å²) < 4.78 is 5.99. The molecule has 0 amide bonds. The third-order valence-electron chi connectivity index (χ3n) is 3.67. The van der Waals surface area contributed by atoms with Crippen molar-refractivity contribution in [3.05, 3.63) is 53.1 Å². The summed E-state index contributed by atoms with van der Waals surface area (Å²) in [6.07, 6.45) is 1.24. The Labute approximate surface area is 124 Å². The van der Waals surface area contributed by atoms with E-state index in [4.69, 9.17) is 10.5 Å². The Balaban J connectivity index is 1.65. The molecule has 3 heteroatoms. The van der Waals surface area contributed by atoms with Crippen molar-refractivity contribution in [3.63, 3.8) is 0 Å². The van der Waals surface area contributed by atoms with Crippen molar-refractivity contribution in [2.24, 2.45) is 0 Å². The lowest BCUT2D eigenvalue weighted by molar-refractivity contribution is 0.259. The molecular weight excluding hydrogens is 266 g/mol. The van der Waals surface area contributed by atoms with Crippen LogP contribution in [0.3, 0.4) is 0 Å². The van der Waals surface area contributed by atoms with Gasteiger partial charge in [0.05, 0.1) is 0 Å². The van der Waals surface area contributed by atoms with Crippen LogP contribution < -0.4 is 10.5 Å². The lowest BCUT2D eigenvalue weighted by atomic mass is 10.1. The number of ether oxygens (including phenoxy) is 1. The Kier molecular flexibility index (Phi) is 3.62. The van der Waals surface area contributed by atoms with E-state index >= 15 is 0 Å². The SMILES string of the molecule is Cc1ccc2c(c1)CC(CSc1cccc(C)c1N)O2. The van der Waals surface area contributed by atoms with Crippen LogP contribution in [0.5, 0.6) is 5.75 Å². The molecule has 1 heterocycles. The first-order valence-electron chi connectivity index (χ1n) is 6.87. The second-order valence-electron chi connectivity index (χ2n) is 5.35. The number of hydrogen-bond donors (Lipinski definition) is 1. The molecule has 1 aliphatic rings. The Hall–Kier alpha value is -1.61. The molecule has 1 unspecified atom stereocenters. The van der Waals surface area contributed by atoms with Crippen LogP contribution in [-0.2, 0) is 6.42 Å². The molecule has 2 aromatic rings. The second-order valence-corrected chi connectivity index (χ2v) is 6.41. The highest BCUT2D eigenvalue weighted by Crippen LogP contribution is 2.34. The van der Waals surface area contributed by atoms with Crippen molar-refractivity contribution >= 4 is 17.4 Å². The second kappa shape index (κ2) is 5.41. The zero-order chi connectivity index (χ0) is 14.1. The third kappa shape index (κ3) is 2.63. The monoisotopic (exact) mass is 285 g/mol. The van der Waals surface area contributed by atoms with Gasteiger partial charge in [-0.2, -0.15) is 0 Å². The van der Waals surface area contributed by atoms with Crippen LogP contribution in [0.1, 0.15) is 16.7 Å². The molecule has 1 atom stereocenters. The first-order chi connectivity index (χ1) is 9.63. The Morgan fingerprint density at radius 2 is 2.10 bits per heavy atom. The molecule has 0 bridgehead atoms. The van der Waals surface area contributed by atoms with E-state index in [0.717, 1.165) is 34.1 Å². The van der Waals surface area contributed by atoms with Crippen LogP contribution >= 0.6 is 11.8 Å². The fraction of sp³-hybridized carbons (Fsp3) is 0.294. The van der Waals surface area contributed by atoms with E-state index in [2.05, 4.69) is 37.3 Å². The molecule has 0 saturated heterocycles. The largest absolute Gasteiger partial charge is 0.489 e. The number of nitrogen functional groups attached to an aromatic ring is 1. The molecule has 0 fully saturated rings. The molecule has 2 N–H and O–H groups in total. The highest BCUT2D eigenvalue weighted by Gasteiger charge is 2.23. The van der Waals surface area contributed by atoms with E-state index in [1.54, 1.807) is 11.8 Å². The number of anilines is 1. The summed E-state index contributed by atoms with van der Waals surface area (Å²) in [5, 5.41) is 0. The first-order valence-corrected chi connectivity index (χ1v) is 7.86. The van der Waals surface area contributed by atoms with E-state index in [1.165, 1.54) is 11.1 Å². The highest BCUT2D eigenvalue weighted by atomic mass is 32.2. The van der Waals surface area contributed by atoms with Crippen LogP contribution in [-0.4, -0.2) is 11.9 Å². The summed E-state index contributed by atoms with van der Waals surface area (Å²) in [6.45, 7) is 4.17. The highest BCUT2D eigenvalue weighted by molar-refractivity contribution is 7.99. The van der Waals surface area contributed by atoms with E-state index in [-0.39, 0.29) is 6.10 Å². The lowest BCUT2D eigenvalue weighted by Gasteiger charge is -2.12. The van der Waals surface area contributed by atoms with E-state index < -0.39 is 0 Å². The number of rotatable bonds is 3. The van der Waals surface area contributed by atoms with Gasteiger partial charge in [-0.25, -0.2) is 0 Å². The minimum atomic E-state index is 0.247. The van der Waals surface area contributed by atoms with Crippen molar-refractivity contribution in [1.82, 2.24) is 0 Å². The van der Waals surface area contributed by atoms with Gasteiger partial charge in [0.25, 0.3) is 0 Å².